The van der Waals surface area contributed by atoms with Crippen LogP contribution in [0.25, 0.3) is 21.3 Å². The van der Waals surface area contributed by atoms with E-state index in [2.05, 4.69) is 47.8 Å². The van der Waals surface area contributed by atoms with Crippen LogP contribution in [-0.4, -0.2) is 47.4 Å². The summed E-state index contributed by atoms with van der Waals surface area (Å²) in [7, 11) is 1.90. The average Bonchev–Trinajstić information content (AvgIpc) is 3.59. The molecule has 3 aromatic rings. The Labute approximate surface area is 217 Å². The predicted octanol–water partition coefficient (Wildman–Crippen LogP) is 4.27. The normalized spacial score (nSPS) is 20.4. The highest BCUT2D eigenvalue weighted by Crippen LogP contribution is 2.40. The second kappa shape index (κ2) is 11.1. The number of quaternary nitrogens is 1. The molecule has 0 radical (unpaired) electrons. The van der Waals surface area contributed by atoms with Crippen LogP contribution in [-0.2, 0) is 9.59 Å². The number of carbonyl (C=O) groups excluding carboxylic acids is 2. The van der Waals surface area contributed by atoms with Gasteiger partial charge < -0.3 is 15.5 Å². The first-order chi connectivity index (χ1) is 17.6. The Bertz CT molecular complexity index is 1200. The lowest BCUT2D eigenvalue weighted by Gasteiger charge is -2.34. The first-order valence-corrected chi connectivity index (χ1v) is 14.2. The summed E-state index contributed by atoms with van der Waals surface area (Å²) in [6.07, 6.45) is 7.35. The van der Waals surface area contributed by atoms with Crippen molar-refractivity contribution in [1.29, 1.82) is 0 Å². The summed E-state index contributed by atoms with van der Waals surface area (Å²) in [5.74, 6) is 0.230. The van der Waals surface area contributed by atoms with Gasteiger partial charge in [0.1, 0.15) is 11.0 Å². The molecule has 2 aromatic carbocycles. The Balaban J connectivity index is 1.44. The van der Waals surface area contributed by atoms with Gasteiger partial charge in [-0.3, -0.25) is 9.59 Å². The van der Waals surface area contributed by atoms with Crippen molar-refractivity contribution < 1.29 is 14.9 Å². The summed E-state index contributed by atoms with van der Waals surface area (Å²) >= 11 is 1.70. The van der Waals surface area contributed by atoms with Crippen molar-refractivity contribution in [3.05, 3.63) is 53.5 Å². The number of nitrogens with one attached hydrogen (secondary N) is 1. The van der Waals surface area contributed by atoms with Crippen LogP contribution in [0.15, 0.2) is 48.5 Å². The van der Waals surface area contributed by atoms with Crippen molar-refractivity contribution in [2.24, 2.45) is 5.92 Å². The number of thiazole rings is 1. The van der Waals surface area contributed by atoms with Crippen molar-refractivity contribution in [2.45, 2.75) is 70.0 Å². The second-order valence-corrected chi connectivity index (χ2v) is 11.3. The third-order valence-corrected chi connectivity index (χ3v) is 9.06. The van der Waals surface area contributed by atoms with Crippen molar-refractivity contribution in [2.75, 3.05) is 13.6 Å². The van der Waals surface area contributed by atoms with E-state index in [1.165, 1.54) is 6.42 Å². The zero-order valence-corrected chi connectivity index (χ0v) is 22.1. The summed E-state index contributed by atoms with van der Waals surface area (Å²) in [5, 5.41) is 6.06. The molecule has 0 unspecified atom stereocenters. The number of amides is 2. The minimum Gasteiger partial charge on any atom is -0.339 e. The van der Waals surface area contributed by atoms with E-state index in [-0.39, 0.29) is 29.8 Å². The van der Waals surface area contributed by atoms with Crippen molar-refractivity contribution in [3.63, 3.8) is 0 Å². The number of rotatable bonds is 7. The fourth-order valence-electron chi connectivity index (χ4n) is 5.71. The van der Waals surface area contributed by atoms with E-state index < -0.39 is 6.04 Å². The number of hydrogen-bond acceptors (Lipinski definition) is 4. The van der Waals surface area contributed by atoms with Crippen LogP contribution in [0.2, 0.25) is 0 Å². The summed E-state index contributed by atoms with van der Waals surface area (Å²) in [6, 6.07) is 16.0. The van der Waals surface area contributed by atoms with Crippen molar-refractivity contribution in [1.82, 2.24) is 15.2 Å². The number of nitrogens with two attached hydrogens (primary N) is 1. The van der Waals surface area contributed by atoms with Gasteiger partial charge in [-0.05, 0) is 50.2 Å². The third kappa shape index (κ3) is 5.04. The largest absolute Gasteiger partial charge is 0.339 e. The maximum Gasteiger partial charge on any atom is 0.278 e. The summed E-state index contributed by atoms with van der Waals surface area (Å²) < 4.78 is 1.15. The number of aromatic nitrogens is 1. The molecule has 1 aliphatic heterocycles. The Hall–Kier alpha value is -2.77. The Kier molecular flexibility index (Phi) is 7.67. The van der Waals surface area contributed by atoms with E-state index in [0.717, 1.165) is 71.4 Å². The first-order valence-electron chi connectivity index (χ1n) is 13.4. The molecule has 190 valence electrons. The van der Waals surface area contributed by atoms with E-state index in [1.807, 2.05) is 30.3 Å². The predicted molar refractivity (Wildman–Crippen MR) is 145 cm³/mol. The summed E-state index contributed by atoms with van der Waals surface area (Å²) in [5.41, 5.74) is 3.29. The minimum atomic E-state index is -0.449. The van der Waals surface area contributed by atoms with Crippen LogP contribution >= 0.6 is 11.3 Å². The van der Waals surface area contributed by atoms with E-state index in [4.69, 9.17) is 4.98 Å². The number of likely N-dealkylation sites (N-methyl/N-ethyl adjacent to an activating group) is 1. The van der Waals surface area contributed by atoms with E-state index in [1.54, 1.807) is 11.3 Å². The summed E-state index contributed by atoms with van der Waals surface area (Å²) in [6.45, 7) is 2.61. The quantitative estimate of drug-likeness (QED) is 0.503. The number of nitrogens with zero attached hydrogens (tertiary/aromatic N) is 2. The number of likely N-dealkylation sites (tertiary alicyclic amines) is 1. The molecule has 7 heteroatoms. The van der Waals surface area contributed by atoms with Crippen LogP contribution in [0.3, 0.4) is 0 Å². The van der Waals surface area contributed by atoms with Crippen LogP contribution in [0.5, 0.6) is 0 Å². The van der Waals surface area contributed by atoms with Gasteiger partial charge in [-0.2, -0.15) is 0 Å². The highest BCUT2D eigenvalue weighted by atomic mass is 32.1. The lowest BCUT2D eigenvalue weighted by atomic mass is 9.83. The zero-order chi connectivity index (χ0) is 25.1. The number of carbonyl (C=O) groups is 2. The standard InChI is InChI=1S/C29H36N4O2S/c1-19(30-2)27(34)31-25(21-13-7-4-8-14-21)29(35)33-18-10-16-23(33)28-32-26-22(15-9-17-24(26)36-28)20-11-5-3-6-12-20/h3,5-6,9,11-12,15,17,19,21,23,25,30H,4,7-8,10,13-14,16,18H2,1-2H3,(H,31,34)/p+1/t19-,23-,25-/m0/s1. The van der Waals surface area contributed by atoms with Gasteiger partial charge in [0.25, 0.3) is 5.91 Å². The maximum absolute atomic E-state index is 14.1. The molecule has 1 aromatic heterocycles. The Morgan fingerprint density at radius 1 is 1.03 bits per heavy atom. The first kappa shape index (κ1) is 24.9. The smallest absolute Gasteiger partial charge is 0.278 e. The minimum absolute atomic E-state index is 0.0309. The fourth-order valence-corrected chi connectivity index (χ4v) is 6.85. The molecule has 1 saturated carbocycles. The van der Waals surface area contributed by atoms with Gasteiger partial charge in [-0.15, -0.1) is 11.3 Å². The summed E-state index contributed by atoms with van der Waals surface area (Å²) in [4.78, 5) is 34.0. The molecule has 3 N–H and O–H groups in total. The molecular formula is C29H37N4O2S+. The zero-order valence-electron chi connectivity index (χ0n) is 21.3. The molecule has 36 heavy (non-hydrogen) atoms. The van der Waals surface area contributed by atoms with Crippen LogP contribution < -0.4 is 10.6 Å². The Morgan fingerprint density at radius 2 is 1.81 bits per heavy atom. The highest BCUT2D eigenvalue weighted by Gasteiger charge is 2.40. The van der Waals surface area contributed by atoms with Crippen molar-refractivity contribution >= 4 is 33.4 Å². The topological polar surface area (TPSA) is 78.9 Å². The fraction of sp³-hybridized carbons (Fsp3) is 0.483. The maximum atomic E-state index is 14.1. The SMILES string of the molecule is C[NH2+][C@@H](C)C(=O)N[C@H](C(=O)N1CCC[C@H]1c1nc2c(-c3ccccc3)cccc2s1)C1CCCCC1. The van der Waals surface area contributed by atoms with Crippen LogP contribution in [0.4, 0.5) is 0 Å². The molecule has 3 atom stereocenters. The lowest BCUT2D eigenvalue weighted by Crippen LogP contribution is -2.88. The molecule has 0 bridgehead atoms. The Morgan fingerprint density at radius 3 is 2.56 bits per heavy atom. The van der Waals surface area contributed by atoms with Gasteiger partial charge in [-0.25, -0.2) is 4.98 Å². The van der Waals surface area contributed by atoms with Gasteiger partial charge in [0, 0.05) is 12.1 Å². The highest BCUT2D eigenvalue weighted by molar-refractivity contribution is 7.18. The molecule has 6 nitrogen and oxygen atoms in total. The number of para-hydroxylation sites is 1. The van der Waals surface area contributed by atoms with E-state index >= 15 is 0 Å². The van der Waals surface area contributed by atoms with Crippen LogP contribution in [0.1, 0.15) is 62.9 Å². The van der Waals surface area contributed by atoms with Gasteiger partial charge in [0.05, 0.1) is 23.3 Å². The van der Waals surface area contributed by atoms with E-state index in [9.17, 15) is 9.59 Å². The molecule has 2 heterocycles. The van der Waals surface area contributed by atoms with Crippen LogP contribution in [0, 0.1) is 5.92 Å². The van der Waals surface area contributed by atoms with Gasteiger partial charge in [0.2, 0.25) is 5.91 Å². The molecule has 2 aliphatic rings. The number of fused-ring (bicyclic) bond motifs is 1. The number of benzene rings is 2. The molecule has 2 amide bonds. The van der Waals surface area contributed by atoms with Gasteiger partial charge in [-0.1, -0.05) is 61.7 Å². The third-order valence-electron chi connectivity index (χ3n) is 7.94. The molecule has 1 saturated heterocycles. The monoisotopic (exact) mass is 505 g/mol. The molecule has 2 fully saturated rings. The average molecular weight is 506 g/mol. The number of hydrogen-bond donors (Lipinski definition) is 2. The van der Waals surface area contributed by atoms with E-state index in [0.29, 0.717) is 0 Å². The van der Waals surface area contributed by atoms with Gasteiger partial charge >= 0.3 is 0 Å². The molecule has 5 rings (SSSR count). The van der Waals surface area contributed by atoms with Gasteiger partial charge in [0.15, 0.2) is 6.04 Å². The molecular weight excluding hydrogens is 468 g/mol. The molecule has 0 spiro atoms. The molecule has 1 aliphatic carbocycles. The second-order valence-electron chi connectivity index (χ2n) is 10.3. The van der Waals surface area contributed by atoms with Crippen molar-refractivity contribution in [3.8, 4) is 11.1 Å². The lowest BCUT2D eigenvalue weighted by molar-refractivity contribution is -0.646.